The van der Waals surface area contributed by atoms with E-state index in [1.54, 1.807) is 0 Å². The van der Waals surface area contributed by atoms with E-state index in [1.807, 2.05) is 0 Å². The summed E-state index contributed by atoms with van der Waals surface area (Å²) in [4.78, 5) is 41.7. The van der Waals surface area contributed by atoms with Crippen molar-refractivity contribution in [3.05, 3.63) is 0 Å². The van der Waals surface area contributed by atoms with Gasteiger partial charge in [-0.25, -0.2) is 13.9 Å². The number of rotatable bonds is 2. The molecule has 15 heteroatoms. The molecule has 0 heterocycles. The van der Waals surface area contributed by atoms with Crippen molar-refractivity contribution in [2.75, 3.05) is 0 Å². The number of carbonyl (C=O) groups is 1. The van der Waals surface area contributed by atoms with Gasteiger partial charge >= 0.3 is 156 Å². The molecule has 4 N–H and O–H groups in total. The molecule has 0 aliphatic carbocycles. The van der Waals surface area contributed by atoms with Gasteiger partial charge < -0.3 is 9.05 Å². The minimum atomic E-state index is -5.13. The summed E-state index contributed by atoms with van der Waals surface area (Å²) in [5.74, 6) is 0. The van der Waals surface area contributed by atoms with E-state index >= 15 is 0 Å². The van der Waals surface area contributed by atoms with Crippen LogP contribution in [-0.4, -0.2) is 160 Å². The van der Waals surface area contributed by atoms with Crippen molar-refractivity contribution >= 4 is 156 Å². The Kier molecular flexibility index (Phi) is 28.2. The number of carbonyl (C=O) groups excluding carboxylic acids is 1. The van der Waals surface area contributed by atoms with Gasteiger partial charge in [0.15, 0.2) is 0 Å². The fraction of sp³-hybridized carbons (Fsp3) is 0. The second-order valence-corrected chi connectivity index (χ2v) is 3.74. The number of phosphoric ester groups is 2. The summed E-state index contributed by atoms with van der Waals surface area (Å²) in [6, 6.07) is 0. The van der Waals surface area contributed by atoms with Gasteiger partial charge in [0, 0.05) is 0 Å². The molecule has 0 radical (unpaired) electrons. The van der Waals surface area contributed by atoms with E-state index in [9.17, 15) is 13.9 Å². The van der Waals surface area contributed by atoms with Gasteiger partial charge in [0.2, 0.25) is 0 Å². The van der Waals surface area contributed by atoms with Crippen molar-refractivity contribution in [3.8, 4) is 0 Å². The second kappa shape index (κ2) is 14.0. The summed E-state index contributed by atoms with van der Waals surface area (Å²) in [5.41, 5.74) is 0. The van der Waals surface area contributed by atoms with E-state index in [4.69, 9.17) is 19.6 Å². The van der Waals surface area contributed by atoms with Crippen LogP contribution in [-0.2, 0) is 18.2 Å². The van der Waals surface area contributed by atoms with Gasteiger partial charge in [0.1, 0.15) is 0 Å². The van der Waals surface area contributed by atoms with Crippen LogP contribution in [0.1, 0.15) is 0 Å². The van der Waals surface area contributed by atoms with Gasteiger partial charge in [-0.1, -0.05) is 0 Å². The maximum absolute atomic E-state index is 10.0. The molecule has 0 fully saturated rings. The molecular weight excluding hydrogens is 344 g/mol. The number of hydrogen-bond donors (Lipinski definition) is 4. The van der Waals surface area contributed by atoms with Gasteiger partial charge in [-0.3, -0.25) is 19.6 Å². The van der Waals surface area contributed by atoms with Crippen LogP contribution in [0.15, 0.2) is 0 Å². The Hall–Kier alpha value is 4.09. The Bertz CT molecular complexity index is 245. The van der Waals surface area contributed by atoms with E-state index in [1.165, 1.54) is 0 Å². The van der Waals surface area contributed by atoms with Crippen LogP contribution >= 0.6 is 15.6 Å². The molecule has 0 aliphatic rings. The molecule has 16 heavy (non-hydrogen) atoms. The van der Waals surface area contributed by atoms with Crippen molar-refractivity contribution in [1.82, 2.24) is 0 Å². The summed E-state index contributed by atoms with van der Waals surface area (Å²) < 4.78 is 25.9. The Morgan fingerprint density at radius 3 is 1.12 bits per heavy atom. The Morgan fingerprint density at radius 2 is 1.00 bits per heavy atom. The Balaban J connectivity index is -0.000000101. The number of hydrogen-bond acceptors (Lipinski definition) is 5. The molecule has 0 aliphatic heterocycles. The third kappa shape index (κ3) is 26.6. The summed E-state index contributed by atoms with van der Waals surface area (Å²) in [5, 5.41) is 0. The van der Waals surface area contributed by atoms with Crippen molar-refractivity contribution in [2.24, 2.45) is 0 Å². The molecule has 0 unspecified atom stereocenters. The molecule has 0 amide bonds. The first kappa shape index (κ1) is 32.2. The normalized spacial score (nSPS) is 9.25. The monoisotopic (exact) mass is 354 g/mol. The molecule has 0 saturated carbocycles. The van der Waals surface area contributed by atoms with Gasteiger partial charge in [0.05, 0.1) is 0 Å². The number of phosphoric acid groups is 2. The van der Waals surface area contributed by atoms with Crippen LogP contribution in [0.25, 0.3) is 0 Å². The third-order valence-corrected chi connectivity index (χ3v) is 1.16. The SMILES string of the molecule is O=C(OP(=O)(O)O)OP(=O)(O)O.[CaH2].[CaH2].[NaH].[NaH]. The molecule has 84 valence electrons. The van der Waals surface area contributed by atoms with Crippen LogP contribution < -0.4 is 0 Å². The first-order chi connectivity index (χ1) is 5.10. The van der Waals surface area contributed by atoms with Crippen molar-refractivity contribution < 1.29 is 42.5 Å². The zero-order valence-corrected chi connectivity index (χ0v) is 7.01. The van der Waals surface area contributed by atoms with Gasteiger partial charge in [0.25, 0.3) is 0 Å². The summed E-state index contributed by atoms with van der Waals surface area (Å²) in [6.07, 6.45) is -2.14. The Labute approximate surface area is 194 Å². The molecule has 0 rings (SSSR count). The van der Waals surface area contributed by atoms with Crippen LogP contribution in [0.5, 0.6) is 0 Å². The molecule has 0 aromatic rings. The van der Waals surface area contributed by atoms with Crippen molar-refractivity contribution in [2.45, 2.75) is 0 Å². The summed E-state index contributed by atoms with van der Waals surface area (Å²) in [7, 11) is -10.3. The first-order valence-electron chi connectivity index (χ1n) is 2.14. The molecule has 0 saturated heterocycles. The second-order valence-electron chi connectivity index (χ2n) is 1.41. The van der Waals surface area contributed by atoms with E-state index < -0.39 is 21.8 Å². The van der Waals surface area contributed by atoms with Gasteiger partial charge in [-0.05, 0) is 0 Å². The van der Waals surface area contributed by atoms with E-state index in [-0.39, 0.29) is 135 Å². The van der Waals surface area contributed by atoms with Gasteiger partial charge in [-0.15, -0.1) is 0 Å². The summed E-state index contributed by atoms with van der Waals surface area (Å²) in [6.45, 7) is 0. The average molecular weight is 354 g/mol. The standard InChI is InChI=1S/CH4O9P2.2Ca.2Na.6H/c2-1(9-11(3,4)5)10-12(6,7)8;;;;;;;;;;/h(H2,3,4,5)(H2,6,7,8);;;;;;;;;;. The zero-order valence-electron chi connectivity index (χ0n) is 5.22. The fourth-order valence-corrected chi connectivity index (χ4v) is 0.733. The van der Waals surface area contributed by atoms with Crippen LogP contribution in [0, 0.1) is 0 Å². The van der Waals surface area contributed by atoms with Crippen LogP contribution in [0.3, 0.4) is 0 Å². The minimum absolute atomic E-state index is 0. The topological polar surface area (TPSA) is 151 Å². The van der Waals surface area contributed by atoms with Crippen LogP contribution in [0.4, 0.5) is 4.79 Å². The molecule has 9 nitrogen and oxygen atoms in total. The van der Waals surface area contributed by atoms with Crippen molar-refractivity contribution in [1.29, 1.82) is 0 Å². The Morgan fingerprint density at radius 1 is 0.812 bits per heavy atom. The van der Waals surface area contributed by atoms with Gasteiger partial charge in [-0.2, -0.15) is 0 Å². The molecular formula is CH10Ca2Na2O9P2. The van der Waals surface area contributed by atoms with E-state index in [0.717, 1.165) is 0 Å². The van der Waals surface area contributed by atoms with E-state index in [2.05, 4.69) is 9.05 Å². The molecule has 0 aromatic heterocycles. The summed E-state index contributed by atoms with van der Waals surface area (Å²) >= 11 is 0. The fourth-order valence-electron chi connectivity index (χ4n) is 0.211. The van der Waals surface area contributed by atoms with Crippen molar-refractivity contribution in [3.63, 3.8) is 0 Å². The first-order valence-corrected chi connectivity index (χ1v) is 5.20. The molecule has 0 bridgehead atoms. The van der Waals surface area contributed by atoms with E-state index in [0.29, 0.717) is 0 Å². The molecule has 0 aromatic carbocycles. The average Bonchev–Trinajstić information content (AvgIpc) is 1.49. The van der Waals surface area contributed by atoms with Crippen LogP contribution in [0.2, 0.25) is 0 Å². The quantitative estimate of drug-likeness (QED) is 0.289. The molecule has 0 atom stereocenters. The predicted molar refractivity (Wildman–Crippen MR) is 63.0 cm³/mol. The maximum atomic E-state index is 10.0. The zero-order chi connectivity index (χ0) is 9.99. The molecule has 0 spiro atoms. The third-order valence-electron chi connectivity index (χ3n) is 0.387. The predicted octanol–water partition coefficient (Wildman–Crippen LogP) is -3.80.